The number of nitrogen functional groups attached to an aromatic ring is 1. The summed E-state index contributed by atoms with van der Waals surface area (Å²) in [5, 5.41) is 7.64. The molecule has 3 aromatic rings. The maximum absolute atomic E-state index is 6.01. The molecule has 0 amide bonds. The van der Waals surface area contributed by atoms with Crippen LogP contribution in [0.4, 0.5) is 11.9 Å². The minimum atomic E-state index is 0.266. The lowest BCUT2D eigenvalue weighted by Crippen LogP contribution is -2.30. The quantitative estimate of drug-likeness (QED) is 0.688. The molecule has 1 fully saturated rings. The first-order valence-electron chi connectivity index (χ1n) is 7.21. The predicted molar refractivity (Wildman–Crippen MR) is 80.4 cm³/mol. The van der Waals surface area contributed by atoms with Gasteiger partial charge in [0, 0.05) is 19.6 Å². The van der Waals surface area contributed by atoms with Gasteiger partial charge in [0.2, 0.25) is 17.7 Å². The molecule has 0 spiro atoms. The maximum atomic E-state index is 6.01. The van der Waals surface area contributed by atoms with Gasteiger partial charge >= 0.3 is 0 Å². The highest BCUT2D eigenvalue weighted by molar-refractivity contribution is 5.53. The van der Waals surface area contributed by atoms with Crippen molar-refractivity contribution in [2.45, 2.75) is 6.42 Å². The van der Waals surface area contributed by atoms with E-state index in [0.717, 1.165) is 32.6 Å². The number of anilines is 2. The number of furan rings is 1. The number of fused-ring (bicyclic) bond motifs is 1. The summed E-state index contributed by atoms with van der Waals surface area (Å²) in [6.07, 6.45) is 2.62. The summed E-state index contributed by atoms with van der Waals surface area (Å²) in [6.45, 7) is 3.64. The molecule has 0 atom stereocenters. The van der Waals surface area contributed by atoms with E-state index in [4.69, 9.17) is 10.2 Å². The van der Waals surface area contributed by atoms with E-state index >= 15 is 0 Å². The van der Waals surface area contributed by atoms with Crippen LogP contribution in [0.25, 0.3) is 17.4 Å². The Bertz CT molecular complexity index is 773. The van der Waals surface area contributed by atoms with Gasteiger partial charge in [-0.15, -0.1) is 5.10 Å². The van der Waals surface area contributed by atoms with Crippen LogP contribution in [0.2, 0.25) is 0 Å². The molecule has 0 bridgehead atoms. The second-order valence-electron chi connectivity index (χ2n) is 5.10. The van der Waals surface area contributed by atoms with Gasteiger partial charge in [-0.05, 0) is 25.1 Å². The van der Waals surface area contributed by atoms with Crippen molar-refractivity contribution < 1.29 is 4.42 Å². The Kier molecular flexibility index (Phi) is 3.11. The molecule has 1 aliphatic heterocycles. The van der Waals surface area contributed by atoms with E-state index in [-0.39, 0.29) is 5.95 Å². The second kappa shape index (κ2) is 5.26. The average Bonchev–Trinajstić information content (AvgIpc) is 3.11. The lowest BCUT2D eigenvalue weighted by Gasteiger charge is -2.19. The minimum absolute atomic E-state index is 0.266. The summed E-state index contributed by atoms with van der Waals surface area (Å²) in [5.41, 5.74) is 6.01. The first-order chi connectivity index (χ1) is 10.8. The number of nitrogens with two attached hydrogens (primary N) is 1. The monoisotopic (exact) mass is 300 g/mol. The summed E-state index contributed by atoms with van der Waals surface area (Å²) in [6, 6.07) is 3.57. The van der Waals surface area contributed by atoms with Gasteiger partial charge in [0.15, 0.2) is 5.76 Å². The van der Waals surface area contributed by atoms with Gasteiger partial charge in [-0.3, -0.25) is 0 Å². The number of hydrogen-bond acceptors (Lipinski definition) is 8. The normalized spacial score (nSPS) is 16.1. The fourth-order valence-electron chi connectivity index (χ4n) is 2.49. The maximum Gasteiger partial charge on any atom is 0.259 e. The molecule has 0 aromatic carbocycles. The van der Waals surface area contributed by atoms with Crippen LogP contribution >= 0.6 is 0 Å². The molecule has 22 heavy (non-hydrogen) atoms. The standard InChI is InChI=1S/C13H16N8O/c14-11-17-12(20-6-2-4-15-5-7-20)18-13-16-10(19-21(11)13)9-3-1-8-22-9/h1,3,8,15H,2,4-7H2,(H2,14,16,17,18,19). The molecule has 0 radical (unpaired) electrons. The van der Waals surface area contributed by atoms with Gasteiger partial charge in [0.1, 0.15) is 0 Å². The molecular formula is C13H16N8O. The third-order valence-corrected chi connectivity index (χ3v) is 3.59. The second-order valence-corrected chi connectivity index (χ2v) is 5.10. The SMILES string of the molecule is Nc1nc(N2CCCNCC2)nc2nc(-c3ccco3)nn12. The smallest absolute Gasteiger partial charge is 0.259 e. The molecule has 114 valence electrons. The zero-order chi connectivity index (χ0) is 14.9. The topological polar surface area (TPSA) is 110 Å². The van der Waals surface area contributed by atoms with Crippen molar-refractivity contribution in [2.24, 2.45) is 0 Å². The molecular weight excluding hydrogens is 284 g/mol. The van der Waals surface area contributed by atoms with Crippen LogP contribution in [-0.4, -0.2) is 50.7 Å². The lowest BCUT2D eigenvalue weighted by molar-refractivity contribution is 0.577. The number of hydrogen-bond donors (Lipinski definition) is 2. The Hall–Kier alpha value is -2.68. The fourth-order valence-corrected chi connectivity index (χ4v) is 2.49. The Labute approximate surface area is 126 Å². The highest BCUT2D eigenvalue weighted by Gasteiger charge is 2.17. The number of aromatic nitrogens is 5. The van der Waals surface area contributed by atoms with E-state index < -0.39 is 0 Å². The lowest BCUT2D eigenvalue weighted by atomic mass is 10.4. The highest BCUT2D eigenvalue weighted by Crippen LogP contribution is 2.19. The first kappa shape index (κ1) is 13.0. The van der Waals surface area contributed by atoms with Crippen LogP contribution in [-0.2, 0) is 0 Å². The van der Waals surface area contributed by atoms with Crippen LogP contribution in [0.5, 0.6) is 0 Å². The van der Waals surface area contributed by atoms with Gasteiger partial charge < -0.3 is 20.4 Å². The van der Waals surface area contributed by atoms with E-state index in [1.165, 1.54) is 4.52 Å². The van der Waals surface area contributed by atoms with Crippen LogP contribution in [0.3, 0.4) is 0 Å². The van der Waals surface area contributed by atoms with Gasteiger partial charge in [-0.25, -0.2) is 0 Å². The van der Waals surface area contributed by atoms with Crippen molar-refractivity contribution in [2.75, 3.05) is 36.8 Å². The molecule has 1 aliphatic rings. The number of nitrogens with zero attached hydrogens (tertiary/aromatic N) is 6. The fraction of sp³-hybridized carbons (Fsp3) is 0.385. The Morgan fingerprint density at radius 1 is 1.18 bits per heavy atom. The van der Waals surface area contributed by atoms with Crippen LogP contribution in [0, 0.1) is 0 Å². The molecule has 9 heteroatoms. The zero-order valence-electron chi connectivity index (χ0n) is 11.9. The number of nitrogens with one attached hydrogen (secondary N) is 1. The average molecular weight is 300 g/mol. The van der Waals surface area contributed by atoms with Gasteiger partial charge in [0.05, 0.1) is 6.26 Å². The Morgan fingerprint density at radius 3 is 3.00 bits per heavy atom. The summed E-state index contributed by atoms with van der Waals surface area (Å²) in [4.78, 5) is 15.3. The van der Waals surface area contributed by atoms with E-state index in [9.17, 15) is 0 Å². The van der Waals surface area contributed by atoms with Crippen LogP contribution in [0.1, 0.15) is 6.42 Å². The molecule has 0 aliphatic carbocycles. The van der Waals surface area contributed by atoms with Gasteiger partial charge in [0.25, 0.3) is 5.78 Å². The molecule has 3 aromatic heterocycles. The first-order valence-corrected chi connectivity index (χ1v) is 7.21. The summed E-state index contributed by atoms with van der Waals surface area (Å²) in [7, 11) is 0. The highest BCUT2D eigenvalue weighted by atomic mass is 16.3. The van der Waals surface area contributed by atoms with Gasteiger partial charge in [-0.2, -0.15) is 19.5 Å². The molecule has 3 N–H and O–H groups in total. The molecule has 4 heterocycles. The van der Waals surface area contributed by atoms with E-state index in [0.29, 0.717) is 23.3 Å². The van der Waals surface area contributed by atoms with Crippen LogP contribution < -0.4 is 16.0 Å². The van der Waals surface area contributed by atoms with Crippen molar-refractivity contribution in [3.8, 4) is 11.6 Å². The minimum Gasteiger partial charge on any atom is -0.461 e. The summed E-state index contributed by atoms with van der Waals surface area (Å²) >= 11 is 0. The summed E-state index contributed by atoms with van der Waals surface area (Å²) < 4.78 is 6.73. The van der Waals surface area contributed by atoms with Crippen molar-refractivity contribution in [3.63, 3.8) is 0 Å². The van der Waals surface area contributed by atoms with E-state index in [1.54, 1.807) is 18.4 Å². The molecule has 4 rings (SSSR count). The van der Waals surface area contributed by atoms with E-state index in [2.05, 4.69) is 30.3 Å². The molecule has 9 nitrogen and oxygen atoms in total. The van der Waals surface area contributed by atoms with E-state index in [1.807, 2.05) is 0 Å². The van der Waals surface area contributed by atoms with Crippen molar-refractivity contribution in [3.05, 3.63) is 18.4 Å². The largest absolute Gasteiger partial charge is 0.461 e. The summed E-state index contributed by atoms with van der Waals surface area (Å²) in [5.74, 6) is 2.30. The number of rotatable bonds is 2. The van der Waals surface area contributed by atoms with Gasteiger partial charge in [-0.1, -0.05) is 0 Å². The van der Waals surface area contributed by atoms with Crippen molar-refractivity contribution in [1.29, 1.82) is 0 Å². The predicted octanol–water partition coefficient (Wildman–Crippen LogP) is 0.161. The Morgan fingerprint density at radius 2 is 2.14 bits per heavy atom. The van der Waals surface area contributed by atoms with Crippen molar-refractivity contribution >= 4 is 17.7 Å². The van der Waals surface area contributed by atoms with Crippen LogP contribution in [0.15, 0.2) is 22.8 Å². The third kappa shape index (κ3) is 2.25. The molecule has 1 saturated heterocycles. The van der Waals surface area contributed by atoms with Crippen molar-refractivity contribution in [1.82, 2.24) is 29.9 Å². The Balaban J connectivity index is 1.75. The molecule has 0 unspecified atom stereocenters. The molecule has 0 saturated carbocycles. The zero-order valence-corrected chi connectivity index (χ0v) is 11.9. The third-order valence-electron chi connectivity index (χ3n) is 3.59.